The molecular formula is C21H27N3O. The Kier molecular flexibility index (Phi) is 4.46. The first kappa shape index (κ1) is 16.5. The number of aryl methyl sites for hydroxylation is 1. The van der Waals surface area contributed by atoms with Gasteiger partial charge in [0.2, 0.25) is 0 Å². The van der Waals surface area contributed by atoms with Gasteiger partial charge in [-0.2, -0.15) is 0 Å². The number of carbonyl (C=O) groups excluding carboxylic acids is 1. The van der Waals surface area contributed by atoms with Crippen molar-refractivity contribution in [3.63, 3.8) is 0 Å². The van der Waals surface area contributed by atoms with Gasteiger partial charge in [0.15, 0.2) is 0 Å². The van der Waals surface area contributed by atoms with Crippen molar-refractivity contribution in [1.82, 2.24) is 15.2 Å². The zero-order valence-electron chi connectivity index (χ0n) is 15.2. The molecule has 1 N–H and O–H groups in total. The molecule has 2 aromatic rings. The Hall–Kier alpha value is -1.94. The van der Waals surface area contributed by atoms with Gasteiger partial charge < -0.3 is 10.2 Å². The number of piperidine rings is 1. The lowest BCUT2D eigenvalue weighted by atomic mass is 9.95. The Labute approximate surface area is 149 Å². The fourth-order valence-corrected chi connectivity index (χ4v) is 3.92. The number of aromatic nitrogens is 1. The van der Waals surface area contributed by atoms with Crippen LogP contribution in [-0.4, -0.2) is 42.5 Å². The van der Waals surface area contributed by atoms with E-state index in [1.807, 2.05) is 11.9 Å². The number of likely N-dealkylation sites (tertiary alicyclic amines) is 1. The first-order valence-corrected chi connectivity index (χ1v) is 9.51. The predicted molar refractivity (Wildman–Crippen MR) is 101 cm³/mol. The quantitative estimate of drug-likeness (QED) is 0.929. The van der Waals surface area contributed by atoms with Crippen molar-refractivity contribution in [2.24, 2.45) is 5.92 Å². The lowest BCUT2D eigenvalue weighted by molar-refractivity contribution is 0.0692. The summed E-state index contributed by atoms with van der Waals surface area (Å²) in [5.41, 5.74) is 4.09. The van der Waals surface area contributed by atoms with Crippen molar-refractivity contribution in [1.29, 1.82) is 0 Å². The number of hydrogen-bond acceptors (Lipinski definition) is 3. The topological polar surface area (TPSA) is 45.2 Å². The number of rotatable bonds is 4. The minimum absolute atomic E-state index is 0.183. The van der Waals surface area contributed by atoms with Crippen LogP contribution >= 0.6 is 0 Å². The molecule has 2 fully saturated rings. The summed E-state index contributed by atoms with van der Waals surface area (Å²) in [5, 5.41) is 4.26. The highest BCUT2D eigenvalue weighted by Crippen LogP contribution is 2.40. The molecular weight excluding hydrogens is 310 g/mol. The molecule has 0 unspecified atom stereocenters. The predicted octanol–water partition coefficient (Wildman–Crippen LogP) is 3.49. The molecule has 1 amide bonds. The normalized spacial score (nSPS) is 18.7. The van der Waals surface area contributed by atoms with Crippen LogP contribution in [0.15, 0.2) is 24.3 Å². The summed E-state index contributed by atoms with van der Waals surface area (Å²) >= 11 is 0. The molecule has 4 heteroatoms. The number of nitrogens with zero attached hydrogens (tertiary/aromatic N) is 2. The zero-order chi connectivity index (χ0) is 17.4. The molecule has 25 heavy (non-hydrogen) atoms. The fourth-order valence-electron chi connectivity index (χ4n) is 3.92. The number of amides is 1. The lowest BCUT2D eigenvalue weighted by Crippen LogP contribution is -2.40. The molecule has 2 heterocycles. The van der Waals surface area contributed by atoms with E-state index in [0.29, 0.717) is 11.8 Å². The number of benzene rings is 1. The standard InChI is InChI=1S/C21H27N3O/c1-14-3-6-19-17(11-14)18(12-20(23-19)16-4-5-16)21(25)24-9-7-15(8-10-24)13-22-2/h3,6,11-12,15-16,22H,4-5,7-10,13H2,1-2H3. The molecule has 2 aliphatic rings. The van der Waals surface area contributed by atoms with Gasteiger partial charge in [-0.15, -0.1) is 0 Å². The molecule has 1 saturated heterocycles. The summed E-state index contributed by atoms with van der Waals surface area (Å²) in [4.78, 5) is 20.1. The van der Waals surface area contributed by atoms with Gasteiger partial charge in [-0.05, 0) is 70.3 Å². The number of fused-ring (bicyclic) bond motifs is 1. The highest BCUT2D eigenvalue weighted by Gasteiger charge is 2.29. The van der Waals surface area contributed by atoms with E-state index in [1.165, 1.54) is 18.4 Å². The van der Waals surface area contributed by atoms with Crippen molar-refractivity contribution < 1.29 is 4.79 Å². The molecule has 1 aromatic carbocycles. The molecule has 132 valence electrons. The summed E-state index contributed by atoms with van der Waals surface area (Å²) in [7, 11) is 2.00. The van der Waals surface area contributed by atoms with Gasteiger partial charge in [-0.1, -0.05) is 11.6 Å². The smallest absolute Gasteiger partial charge is 0.254 e. The van der Waals surface area contributed by atoms with E-state index in [-0.39, 0.29) is 5.91 Å². The summed E-state index contributed by atoms with van der Waals surface area (Å²) < 4.78 is 0. The Bertz CT molecular complexity index is 789. The summed E-state index contributed by atoms with van der Waals surface area (Å²) in [5.74, 6) is 1.42. The Morgan fingerprint density at radius 1 is 1.20 bits per heavy atom. The van der Waals surface area contributed by atoms with E-state index in [9.17, 15) is 4.79 Å². The summed E-state index contributed by atoms with van der Waals surface area (Å²) in [6.45, 7) is 4.84. The first-order valence-electron chi connectivity index (χ1n) is 9.51. The zero-order valence-corrected chi connectivity index (χ0v) is 15.2. The van der Waals surface area contributed by atoms with Crippen molar-refractivity contribution in [3.05, 3.63) is 41.1 Å². The second-order valence-corrected chi connectivity index (χ2v) is 7.68. The molecule has 1 saturated carbocycles. The van der Waals surface area contributed by atoms with Gasteiger partial charge >= 0.3 is 0 Å². The third-order valence-corrected chi connectivity index (χ3v) is 5.60. The number of hydrogen-bond donors (Lipinski definition) is 1. The fraction of sp³-hybridized carbons (Fsp3) is 0.524. The van der Waals surface area contributed by atoms with E-state index in [2.05, 4.69) is 36.5 Å². The van der Waals surface area contributed by atoms with E-state index in [4.69, 9.17) is 4.98 Å². The molecule has 4 rings (SSSR count). The second kappa shape index (κ2) is 6.75. The first-order chi connectivity index (χ1) is 12.2. The molecule has 0 spiro atoms. The van der Waals surface area contributed by atoms with Crippen molar-refractivity contribution in [2.45, 2.75) is 38.5 Å². The van der Waals surface area contributed by atoms with E-state index < -0.39 is 0 Å². The number of carbonyl (C=O) groups is 1. The Balaban J connectivity index is 1.65. The third kappa shape index (κ3) is 3.40. The minimum atomic E-state index is 0.183. The van der Waals surface area contributed by atoms with Crippen molar-refractivity contribution in [3.8, 4) is 0 Å². The van der Waals surface area contributed by atoms with Crippen molar-refractivity contribution >= 4 is 16.8 Å². The molecule has 1 aliphatic carbocycles. The highest BCUT2D eigenvalue weighted by atomic mass is 16.2. The molecule has 0 bridgehead atoms. The second-order valence-electron chi connectivity index (χ2n) is 7.68. The van der Waals surface area contributed by atoms with Crippen molar-refractivity contribution in [2.75, 3.05) is 26.7 Å². The Morgan fingerprint density at radius 2 is 1.96 bits per heavy atom. The molecule has 4 nitrogen and oxygen atoms in total. The number of pyridine rings is 1. The molecule has 0 radical (unpaired) electrons. The van der Waals surface area contributed by atoms with E-state index in [0.717, 1.165) is 54.6 Å². The van der Waals surface area contributed by atoms with Crippen LogP contribution in [0.3, 0.4) is 0 Å². The van der Waals surface area contributed by atoms with E-state index in [1.54, 1.807) is 0 Å². The van der Waals surface area contributed by atoms with Crippen LogP contribution in [0, 0.1) is 12.8 Å². The minimum Gasteiger partial charge on any atom is -0.339 e. The lowest BCUT2D eigenvalue weighted by Gasteiger charge is -2.32. The van der Waals surface area contributed by atoms with Gasteiger partial charge in [0.05, 0.1) is 11.1 Å². The van der Waals surface area contributed by atoms with Crippen LogP contribution in [0.5, 0.6) is 0 Å². The van der Waals surface area contributed by atoms with Crippen LogP contribution in [-0.2, 0) is 0 Å². The van der Waals surface area contributed by atoms with Crippen LogP contribution < -0.4 is 5.32 Å². The highest BCUT2D eigenvalue weighted by molar-refractivity contribution is 6.06. The summed E-state index contributed by atoms with van der Waals surface area (Å²) in [6.07, 6.45) is 4.58. The maximum Gasteiger partial charge on any atom is 0.254 e. The SMILES string of the molecule is CNCC1CCN(C(=O)c2cc(C3CC3)nc3ccc(C)cc23)CC1. The van der Waals surface area contributed by atoms with Crippen LogP contribution in [0.4, 0.5) is 0 Å². The molecule has 0 atom stereocenters. The molecule has 1 aromatic heterocycles. The van der Waals surface area contributed by atoms with Gasteiger partial charge in [-0.25, -0.2) is 0 Å². The Morgan fingerprint density at radius 3 is 2.64 bits per heavy atom. The van der Waals surface area contributed by atoms with Gasteiger partial charge in [0.1, 0.15) is 0 Å². The summed E-state index contributed by atoms with van der Waals surface area (Å²) in [6, 6.07) is 8.33. The van der Waals surface area contributed by atoms with Gasteiger partial charge in [0, 0.05) is 30.1 Å². The molecule has 1 aliphatic heterocycles. The maximum atomic E-state index is 13.3. The van der Waals surface area contributed by atoms with Crippen LogP contribution in [0.25, 0.3) is 10.9 Å². The van der Waals surface area contributed by atoms with Gasteiger partial charge in [-0.3, -0.25) is 9.78 Å². The van der Waals surface area contributed by atoms with E-state index >= 15 is 0 Å². The maximum absolute atomic E-state index is 13.3. The average Bonchev–Trinajstić information content (AvgIpc) is 3.46. The third-order valence-electron chi connectivity index (χ3n) is 5.60. The largest absolute Gasteiger partial charge is 0.339 e. The van der Waals surface area contributed by atoms with Gasteiger partial charge in [0.25, 0.3) is 5.91 Å². The van der Waals surface area contributed by atoms with Crippen LogP contribution in [0.2, 0.25) is 0 Å². The monoisotopic (exact) mass is 337 g/mol. The number of nitrogens with one attached hydrogen (secondary N) is 1. The average molecular weight is 337 g/mol. The van der Waals surface area contributed by atoms with Crippen LogP contribution in [0.1, 0.15) is 53.2 Å².